The Morgan fingerprint density at radius 2 is 1.68 bits per heavy atom. The molecule has 2 amide bonds. The van der Waals surface area contributed by atoms with Crippen LogP contribution in [0.2, 0.25) is 0 Å². The highest BCUT2D eigenvalue weighted by molar-refractivity contribution is 7.92. The van der Waals surface area contributed by atoms with Gasteiger partial charge in [-0.3, -0.25) is 13.9 Å². The van der Waals surface area contributed by atoms with Crippen molar-refractivity contribution in [3.8, 4) is 11.5 Å². The number of rotatable bonds is 12. The van der Waals surface area contributed by atoms with Crippen LogP contribution in [-0.2, 0) is 26.2 Å². The number of anilines is 1. The fourth-order valence-corrected chi connectivity index (χ4v) is 5.09. The van der Waals surface area contributed by atoms with E-state index in [9.17, 15) is 18.0 Å². The van der Waals surface area contributed by atoms with E-state index in [1.807, 2.05) is 45.0 Å². The molecule has 0 unspecified atom stereocenters. The maximum absolute atomic E-state index is 13.4. The maximum Gasteiger partial charge on any atom is 0.242 e. The molecular formula is C28H39N3O6S. The Hall–Kier alpha value is -3.27. The van der Waals surface area contributed by atoms with Gasteiger partial charge in [0, 0.05) is 31.6 Å². The van der Waals surface area contributed by atoms with Crippen LogP contribution in [0.15, 0.2) is 42.5 Å². The van der Waals surface area contributed by atoms with Crippen molar-refractivity contribution < 1.29 is 27.5 Å². The summed E-state index contributed by atoms with van der Waals surface area (Å²) in [5.41, 5.74) is 2.47. The topological polar surface area (TPSA) is 105 Å². The molecule has 38 heavy (non-hydrogen) atoms. The van der Waals surface area contributed by atoms with Crippen molar-refractivity contribution in [2.45, 2.75) is 65.6 Å². The summed E-state index contributed by atoms with van der Waals surface area (Å²) in [4.78, 5) is 27.9. The normalized spacial score (nSPS) is 14.3. The van der Waals surface area contributed by atoms with E-state index in [2.05, 4.69) is 5.32 Å². The minimum absolute atomic E-state index is 0.00408. The van der Waals surface area contributed by atoms with Crippen LogP contribution in [0, 0.1) is 6.92 Å². The minimum atomic E-state index is -3.61. The summed E-state index contributed by atoms with van der Waals surface area (Å²) < 4.78 is 37.6. The van der Waals surface area contributed by atoms with Crippen LogP contribution >= 0.6 is 0 Å². The average Bonchev–Trinajstić information content (AvgIpc) is 2.89. The lowest BCUT2D eigenvalue weighted by Crippen LogP contribution is -2.49. The van der Waals surface area contributed by atoms with Gasteiger partial charge in [0.15, 0.2) is 11.5 Å². The molecule has 1 aliphatic rings. The molecule has 2 atom stereocenters. The molecule has 0 aliphatic carbocycles. The molecule has 3 rings (SSSR count). The lowest BCUT2D eigenvalue weighted by molar-refractivity contribution is -0.140. The van der Waals surface area contributed by atoms with Gasteiger partial charge in [-0.25, -0.2) is 8.42 Å². The SMILES string of the molecule is CC[C@@H](C)NC(=O)[C@H](C)N(Cc1ccc(C)cc1)C(=O)CCCN(c1ccc2c(c1)OCCO2)S(C)(=O)=O. The lowest BCUT2D eigenvalue weighted by atomic mass is 10.1. The van der Waals surface area contributed by atoms with Crippen LogP contribution in [0.25, 0.3) is 0 Å². The maximum atomic E-state index is 13.4. The predicted octanol–water partition coefficient (Wildman–Crippen LogP) is 3.64. The van der Waals surface area contributed by atoms with Crippen LogP contribution in [0.4, 0.5) is 5.69 Å². The number of carbonyl (C=O) groups is 2. The second-order valence-corrected chi connectivity index (χ2v) is 11.7. The summed E-state index contributed by atoms with van der Waals surface area (Å²) in [7, 11) is -3.61. The number of carbonyl (C=O) groups excluding carboxylic acids is 2. The molecule has 0 saturated heterocycles. The Morgan fingerprint density at radius 1 is 1.03 bits per heavy atom. The fourth-order valence-electron chi connectivity index (χ4n) is 4.13. The quantitative estimate of drug-likeness (QED) is 0.437. The van der Waals surface area contributed by atoms with Gasteiger partial charge in [-0.15, -0.1) is 0 Å². The van der Waals surface area contributed by atoms with Gasteiger partial charge in [0.1, 0.15) is 19.3 Å². The largest absolute Gasteiger partial charge is 0.486 e. The number of fused-ring (bicyclic) bond motifs is 1. The first kappa shape index (κ1) is 29.3. The molecule has 1 aliphatic heterocycles. The summed E-state index contributed by atoms with van der Waals surface area (Å²) in [6, 6.07) is 12.2. The first-order chi connectivity index (χ1) is 18.0. The van der Waals surface area contributed by atoms with E-state index < -0.39 is 16.1 Å². The summed E-state index contributed by atoms with van der Waals surface area (Å²) in [5.74, 6) is 0.630. The van der Waals surface area contributed by atoms with Gasteiger partial charge >= 0.3 is 0 Å². The number of nitrogens with zero attached hydrogens (tertiary/aromatic N) is 2. The van der Waals surface area contributed by atoms with Gasteiger partial charge in [0.2, 0.25) is 21.8 Å². The van der Waals surface area contributed by atoms with Gasteiger partial charge < -0.3 is 19.7 Å². The van der Waals surface area contributed by atoms with Crippen LogP contribution in [0.3, 0.4) is 0 Å². The van der Waals surface area contributed by atoms with Crippen molar-refractivity contribution in [3.05, 3.63) is 53.6 Å². The van der Waals surface area contributed by atoms with E-state index >= 15 is 0 Å². The van der Waals surface area contributed by atoms with Crippen LogP contribution in [0.1, 0.15) is 51.2 Å². The van der Waals surface area contributed by atoms with Gasteiger partial charge in [-0.1, -0.05) is 36.8 Å². The molecule has 0 fully saturated rings. The molecule has 1 N–H and O–H groups in total. The Balaban J connectivity index is 1.73. The number of hydrogen-bond acceptors (Lipinski definition) is 6. The zero-order valence-electron chi connectivity index (χ0n) is 22.9. The van der Waals surface area contributed by atoms with Crippen LogP contribution in [0.5, 0.6) is 11.5 Å². The minimum Gasteiger partial charge on any atom is -0.486 e. The Bertz CT molecular complexity index is 1220. The number of hydrogen-bond donors (Lipinski definition) is 1. The number of benzene rings is 2. The Morgan fingerprint density at radius 3 is 2.32 bits per heavy atom. The molecule has 208 valence electrons. The molecule has 10 heteroatoms. The first-order valence-electron chi connectivity index (χ1n) is 13.0. The zero-order chi connectivity index (χ0) is 27.9. The number of aryl methyl sites for hydroxylation is 1. The smallest absolute Gasteiger partial charge is 0.242 e. The number of amides is 2. The van der Waals surface area contributed by atoms with E-state index in [0.717, 1.165) is 23.8 Å². The van der Waals surface area contributed by atoms with Crippen molar-refractivity contribution >= 4 is 27.5 Å². The van der Waals surface area contributed by atoms with Crippen LogP contribution < -0.4 is 19.1 Å². The van der Waals surface area contributed by atoms with Crippen molar-refractivity contribution in [2.75, 3.05) is 30.3 Å². The fraction of sp³-hybridized carbons (Fsp3) is 0.500. The monoisotopic (exact) mass is 545 g/mol. The lowest BCUT2D eigenvalue weighted by Gasteiger charge is -2.30. The van der Waals surface area contributed by atoms with E-state index in [-0.39, 0.29) is 43.8 Å². The van der Waals surface area contributed by atoms with Crippen molar-refractivity contribution in [3.63, 3.8) is 0 Å². The second kappa shape index (κ2) is 13.0. The molecule has 0 aromatic heterocycles. The first-order valence-corrected chi connectivity index (χ1v) is 14.9. The highest BCUT2D eigenvalue weighted by Crippen LogP contribution is 2.34. The van der Waals surface area contributed by atoms with Gasteiger partial charge in [0.25, 0.3) is 0 Å². The van der Waals surface area contributed by atoms with Crippen molar-refractivity contribution in [1.82, 2.24) is 10.2 Å². The Labute approximate surface area is 226 Å². The standard InChI is InChI=1S/C28H39N3O6S/c1-6-21(3)29-28(33)22(4)30(19-23-11-9-20(2)10-12-23)27(32)8-7-15-31(38(5,34)35)24-13-14-25-26(18-24)37-17-16-36-25/h9-14,18,21-22H,6-8,15-17,19H2,1-5H3,(H,29,33)/t21-,22+/m1/s1. The van der Waals surface area contributed by atoms with E-state index in [1.54, 1.807) is 30.0 Å². The Kier molecular flexibility index (Phi) is 10.0. The van der Waals surface area contributed by atoms with Gasteiger partial charge in [-0.05, 0) is 51.3 Å². The van der Waals surface area contributed by atoms with Gasteiger partial charge in [0.05, 0.1) is 11.9 Å². The molecule has 9 nitrogen and oxygen atoms in total. The van der Waals surface area contributed by atoms with Crippen molar-refractivity contribution in [1.29, 1.82) is 0 Å². The summed E-state index contributed by atoms with van der Waals surface area (Å²) in [6.45, 7) is 8.85. The number of nitrogens with one attached hydrogen (secondary N) is 1. The van der Waals surface area contributed by atoms with E-state index in [0.29, 0.717) is 30.4 Å². The molecule has 2 aromatic carbocycles. The van der Waals surface area contributed by atoms with Crippen LogP contribution in [-0.4, -0.2) is 63.2 Å². The van der Waals surface area contributed by atoms with Crippen molar-refractivity contribution in [2.24, 2.45) is 0 Å². The third kappa shape index (κ3) is 7.86. The third-order valence-electron chi connectivity index (χ3n) is 6.61. The number of sulfonamides is 1. The molecule has 1 heterocycles. The molecule has 0 bridgehead atoms. The molecule has 0 saturated carbocycles. The third-order valence-corrected chi connectivity index (χ3v) is 7.80. The molecule has 0 radical (unpaired) electrons. The van der Waals surface area contributed by atoms with E-state index in [1.165, 1.54) is 4.31 Å². The number of ether oxygens (including phenoxy) is 2. The average molecular weight is 546 g/mol. The molecule has 2 aromatic rings. The summed E-state index contributed by atoms with van der Waals surface area (Å²) >= 11 is 0. The van der Waals surface area contributed by atoms with Gasteiger partial charge in [-0.2, -0.15) is 0 Å². The summed E-state index contributed by atoms with van der Waals surface area (Å²) in [5, 5.41) is 2.96. The summed E-state index contributed by atoms with van der Waals surface area (Å²) in [6.07, 6.45) is 2.29. The van der Waals surface area contributed by atoms with E-state index in [4.69, 9.17) is 9.47 Å². The second-order valence-electron chi connectivity index (χ2n) is 9.77. The highest BCUT2D eigenvalue weighted by Gasteiger charge is 2.27. The predicted molar refractivity (Wildman–Crippen MR) is 148 cm³/mol. The zero-order valence-corrected chi connectivity index (χ0v) is 23.7. The highest BCUT2D eigenvalue weighted by atomic mass is 32.2. The molecule has 0 spiro atoms. The molecular weight excluding hydrogens is 506 g/mol.